The zero-order chi connectivity index (χ0) is 14.8. The van der Waals surface area contributed by atoms with Crippen molar-refractivity contribution < 1.29 is 5.11 Å². The lowest BCUT2D eigenvalue weighted by Crippen LogP contribution is -2.12. The van der Waals surface area contributed by atoms with E-state index >= 15 is 0 Å². The van der Waals surface area contributed by atoms with Crippen molar-refractivity contribution in [1.82, 2.24) is 9.97 Å². The van der Waals surface area contributed by atoms with Gasteiger partial charge in [0.15, 0.2) is 5.82 Å². The summed E-state index contributed by atoms with van der Waals surface area (Å²) in [5.74, 6) is 1.49. The molecule has 1 heterocycles. The zero-order valence-corrected chi connectivity index (χ0v) is 12.0. The molecule has 4 nitrogen and oxygen atoms in total. The topological polar surface area (TPSA) is 58.0 Å². The van der Waals surface area contributed by atoms with E-state index in [2.05, 4.69) is 29.1 Å². The quantitative estimate of drug-likeness (QED) is 0.765. The van der Waals surface area contributed by atoms with Gasteiger partial charge >= 0.3 is 0 Å². The molecule has 0 saturated heterocycles. The van der Waals surface area contributed by atoms with Crippen LogP contribution in [0.4, 0.5) is 5.82 Å². The predicted molar refractivity (Wildman–Crippen MR) is 85.4 cm³/mol. The van der Waals surface area contributed by atoms with Gasteiger partial charge in [-0.1, -0.05) is 24.3 Å². The number of benzene rings is 2. The molecule has 106 valence electrons. The lowest BCUT2D eigenvalue weighted by molar-refractivity contribution is 0.477. The molecule has 3 aromatic rings. The third-order valence-electron chi connectivity index (χ3n) is 3.17. The van der Waals surface area contributed by atoms with Crippen molar-refractivity contribution >= 4 is 16.7 Å². The largest absolute Gasteiger partial charge is 0.507 e. The highest BCUT2D eigenvalue weighted by atomic mass is 16.3. The Bertz CT molecular complexity index is 784. The molecule has 0 bridgehead atoms. The number of nitrogens with one attached hydrogen (secondary N) is 1. The number of rotatable bonds is 3. The van der Waals surface area contributed by atoms with Crippen LogP contribution < -0.4 is 5.32 Å². The highest BCUT2D eigenvalue weighted by molar-refractivity contribution is 5.90. The van der Waals surface area contributed by atoms with Crippen LogP contribution in [0.25, 0.3) is 22.3 Å². The Morgan fingerprint density at radius 2 is 1.67 bits per heavy atom. The summed E-state index contributed by atoms with van der Waals surface area (Å²) in [5.41, 5.74) is 1.49. The molecule has 2 N–H and O–H groups in total. The Morgan fingerprint density at radius 1 is 0.952 bits per heavy atom. The van der Waals surface area contributed by atoms with E-state index < -0.39 is 0 Å². The monoisotopic (exact) mass is 279 g/mol. The number of para-hydroxylation sites is 2. The lowest BCUT2D eigenvalue weighted by atomic mass is 10.1. The van der Waals surface area contributed by atoms with Crippen molar-refractivity contribution in [2.24, 2.45) is 0 Å². The van der Waals surface area contributed by atoms with Gasteiger partial charge in [-0.25, -0.2) is 9.97 Å². The van der Waals surface area contributed by atoms with Gasteiger partial charge in [0.1, 0.15) is 11.6 Å². The molecule has 0 spiro atoms. The smallest absolute Gasteiger partial charge is 0.165 e. The van der Waals surface area contributed by atoms with Gasteiger partial charge in [0, 0.05) is 11.4 Å². The maximum atomic E-state index is 10.0. The minimum atomic E-state index is 0.184. The Kier molecular flexibility index (Phi) is 3.44. The standard InChI is InChI=1S/C17H17N3O/c1-11(2)18-16-12-7-3-5-9-14(12)19-17(20-16)13-8-4-6-10-15(13)21/h3-11,21H,1-2H3,(H,18,19,20). The third kappa shape index (κ3) is 2.65. The fraction of sp³-hybridized carbons (Fsp3) is 0.176. The molecule has 3 rings (SSSR count). The van der Waals surface area contributed by atoms with E-state index in [1.807, 2.05) is 36.4 Å². The SMILES string of the molecule is CC(C)Nc1nc(-c2ccccc2O)nc2ccccc12. The van der Waals surface area contributed by atoms with E-state index in [4.69, 9.17) is 0 Å². The second-order valence-electron chi connectivity index (χ2n) is 5.23. The van der Waals surface area contributed by atoms with Crippen molar-refractivity contribution in [3.05, 3.63) is 48.5 Å². The van der Waals surface area contributed by atoms with E-state index in [1.54, 1.807) is 12.1 Å². The van der Waals surface area contributed by atoms with Gasteiger partial charge in [-0.05, 0) is 38.1 Å². The second kappa shape index (κ2) is 5.40. The number of fused-ring (bicyclic) bond motifs is 1. The molecule has 0 aliphatic carbocycles. The highest BCUT2D eigenvalue weighted by Gasteiger charge is 2.12. The van der Waals surface area contributed by atoms with Crippen LogP contribution >= 0.6 is 0 Å². The fourth-order valence-corrected chi connectivity index (χ4v) is 2.24. The van der Waals surface area contributed by atoms with Gasteiger partial charge in [0.2, 0.25) is 0 Å². The molecular formula is C17H17N3O. The summed E-state index contributed by atoms with van der Waals surface area (Å²) in [4.78, 5) is 9.15. The van der Waals surface area contributed by atoms with Gasteiger partial charge in [-0.2, -0.15) is 0 Å². The zero-order valence-electron chi connectivity index (χ0n) is 12.0. The Balaban J connectivity index is 2.23. The van der Waals surface area contributed by atoms with Gasteiger partial charge < -0.3 is 10.4 Å². The van der Waals surface area contributed by atoms with Crippen molar-refractivity contribution in [3.63, 3.8) is 0 Å². The molecule has 4 heteroatoms. The summed E-state index contributed by atoms with van der Waals surface area (Å²) in [6, 6.07) is 15.2. The normalized spacial score (nSPS) is 11.0. The van der Waals surface area contributed by atoms with Crippen LogP contribution in [-0.2, 0) is 0 Å². The van der Waals surface area contributed by atoms with Crippen molar-refractivity contribution in [2.75, 3.05) is 5.32 Å². The minimum Gasteiger partial charge on any atom is -0.507 e. The molecule has 0 saturated carbocycles. The molecule has 0 radical (unpaired) electrons. The summed E-state index contributed by atoms with van der Waals surface area (Å²) in [5, 5.41) is 14.3. The average Bonchev–Trinajstić information content (AvgIpc) is 2.47. The maximum absolute atomic E-state index is 10.0. The number of aromatic nitrogens is 2. The molecule has 0 unspecified atom stereocenters. The minimum absolute atomic E-state index is 0.184. The molecule has 21 heavy (non-hydrogen) atoms. The Hall–Kier alpha value is -2.62. The first kappa shape index (κ1) is 13.4. The number of phenols is 1. The number of aromatic hydroxyl groups is 1. The number of phenolic OH excluding ortho intramolecular Hbond substituents is 1. The molecule has 1 aromatic heterocycles. The van der Waals surface area contributed by atoms with Crippen LogP contribution in [0, 0.1) is 0 Å². The summed E-state index contributed by atoms with van der Waals surface area (Å²) in [7, 11) is 0. The van der Waals surface area contributed by atoms with Gasteiger partial charge in [0.05, 0.1) is 11.1 Å². The number of hydrogen-bond donors (Lipinski definition) is 2. The third-order valence-corrected chi connectivity index (χ3v) is 3.17. The first-order chi connectivity index (χ1) is 10.1. The molecule has 2 aromatic carbocycles. The maximum Gasteiger partial charge on any atom is 0.165 e. The van der Waals surface area contributed by atoms with Crippen molar-refractivity contribution in [2.45, 2.75) is 19.9 Å². The Labute approximate surface area is 123 Å². The molecular weight excluding hydrogens is 262 g/mol. The Morgan fingerprint density at radius 3 is 2.43 bits per heavy atom. The molecule has 0 aliphatic heterocycles. The first-order valence-electron chi connectivity index (χ1n) is 6.97. The van der Waals surface area contributed by atoms with Gasteiger partial charge in [-0.3, -0.25) is 0 Å². The van der Waals surface area contributed by atoms with Crippen LogP contribution in [0.15, 0.2) is 48.5 Å². The van der Waals surface area contributed by atoms with E-state index in [0.29, 0.717) is 11.4 Å². The van der Waals surface area contributed by atoms with E-state index in [1.165, 1.54) is 0 Å². The van der Waals surface area contributed by atoms with Gasteiger partial charge in [-0.15, -0.1) is 0 Å². The van der Waals surface area contributed by atoms with Crippen LogP contribution in [0.5, 0.6) is 5.75 Å². The fourth-order valence-electron chi connectivity index (χ4n) is 2.24. The predicted octanol–water partition coefficient (Wildman–Crippen LogP) is 3.82. The number of hydrogen-bond acceptors (Lipinski definition) is 4. The summed E-state index contributed by atoms with van der Waals surface area (Å²) >= 11 is 0. The van der Waals surface area contributed by atoms with Crippen LogP contribution in [0.3, 0.4) is 0 Å². The van der Waals surface area contributed by atoms with Crippen molar-refractivity contribution in [3.8, 4) is 17.1 Å². The number of anilines is 1. The molecule has 0 atom stereocenters. The van der Waals surface area contributed by atoms with Crippen LogP contribution in [0.2, 0.25) is 0 Å². The van der Waals surface area contributed by atoms with E-state index in [-0.39, 0.29) is 11.8 Å². The summed E-state index contributed by atoms with van der Waals surface area (Å²) < 4.78 is 0. The van der Waals surface area contributed by atoms with E-state index in [0.717, 1.165) is 16.7 Å². The van der Waals surface area contributed by atoms with E-state index in [9.17, 15) is 5.11 Å². The van der Waals surface area contributed by atoms with Gasteiger partial charge in [0.25, 0.3) is 0 Å². The first-order valence-corrected chi connectivity index (χ1v) is 6.97. The molecule has 0 fully saturated rings. The summed E-state index contributed by atoms with van der Waals surface area (Å²) in [6.07, 6.45) is 0. The number of nitrogens with zero attached hydrogens (tertiary/aromatic N) is 2. The van der Waals surface area contributed by atoms with Crippen LogP contribution in [-0.4, -0.2) is 21.1 Å². The highest BCUT2D eigenvalue weighted by Crippen LogP contribution is 2.29. The van der Waals surface area contributed by atoms with Crippen molar-refractivity contribution in [1.29, 1.82) is 0 Å². The molecule has 0 aliphatic rings. The summed E-state index contributed by atoms with van der Waals surface area (Å²) in [6.45, 7) is 4.13. The second-order valence-corrected chi connectivity index (χ2v) is 5.23. The molecule has 0 amide bonds. The lowest BCUT2D eigenvalue weighted by Gasteiger charge is -2.13. The average molecular weight is 279 g/mol. The van der Waals surface area contributed by atoms with Crippen LogP contribution in [0.1, 0.15) is 13.8 Å².